The summed E-state index contributed by atoms with van der Waals surface area (Å²) in [6.45, 7) is -0.256. The second-order valence-corrected chi connectivity index (χ2v) is 3.85. The third-order valence-electron chi connectivity index (χ3n) is 2.39. The van der Waals surface area contributed by atoms with Gasteiger partial charge in [-0.25, -0.2) is 4.79 Å². The number of carboxylic acid groups (broad SMARTS) is 1. The molecule has 1 amide bonds. The van der Waals surface area contributed by atoms with Crippen molar-refractivity contribution in [1.29, 1.82) is 0 Å². The summed E-state index contributed by atoms with van der Waals surface area (Å²) in [6.07, 6.45) is 0. The molecule has 0 unspecified atom stereocenters. The number of carboxylic acids is 1. The van der Waals surface area contributed by atoms with Crippen LogP contribution < -0.4 is 14.8 Å². The highest BCUT2D eigenvalue weighted by molar-refractivity contribution is 5.77. The Bertz CT molecular complexity index is 487. The van der Waals surface area contributed by atoms with Gasteiger partial charge < -0.3 is 24.6 Å². The average molecular weight is 267 g/mol. The summed E-state index contributed by atoms with van der Waals surface area (Å²) >= 11 is 0. The number of nitrogens with one attached hydrogen (secondary N) is 1. The van der Waals surface area contributed by atoms with Gasteiger partial charge in [-0.15, -0.1) is 0 Å². The summed E-state index contributed by atoms with van der Waals surface area (Å²) in [5, 5.41) is 11.0. The van der Waals surface area contributed by atoms with E-state index in [2.05, 4.69) is 10.1 Å². The quantitative estimate of drug-likeness (QED) is 0.761. The number of hydrogen-bond acceptors (Lipinski definition) is 5. The molecule has 0 spiro atoms. The first-order valence-electron chi connectivity index (χ1n) is 5.60. The largest absolute Gasteiger partial charge is 0.480 e. The molecule has 102 valence electrons. The van der Waals surface area contributed by atoms with Gasteiger partial charge in [-0.3, -0.25) is 4.79 Å². The van der Waals surface area contributed by atoms with Crippen LogP contribution in [-0.4, -0.2) is 37.0 Å². The number of carbonyl (C=O) groups excluding carboxylic acids is 1. The van der Waals surface area contributed by atoms with Crippen LogP contribution in [0.25, 0.3) is 0 Å². The minimum atomic E-state index is -1.11. The molecular weight excluding hydrogens is 254 g/mol. The van der Waals surface area contributed by atoms with Gasteiger partial charge in [0.15, 0.2) is 11.5 Å². The van der Waals surface area contributed by atoms with E-state index < -0.39 is 12.6 Å². The zero-order valence-electron chi connectivity index (χ0n) is 10.0. The molecule has 1 aliphatic heterocycles. The molecular formula is C12H13NO6. The average Bonchev–Trinajstić information content (AvgIpc) is 2.83. The van der Waals surface area contributed by atoms with Crippen molar-refractivity contribution < 1.29 is 28.9 Å². The van der Waals surface area contributed by atoms with Crippen LogP contribution in [0.3, 0.4) is 0 Å². The maximum Gasteiger partial charge on any atom is 0.329 e. The monoisotopic (exact) mass is 267 g/mol. The molecule has 7 nitrogen and oxygen atoms in total. The summed E-state index contributed by atoms with van der Waals surface area (Å²) in [5.41, 5.74) is 0.857. The molecule has 1 aromatic carbocycles. The van der Waals surface area contributed by atoms with E-state index in [-0.39, 0.29) is 19.3 Å². The predicted octanol–water partition coefficient (Wildman–Crippen LogP) is 0.133. The fraction of sp³-hybridized carbons (Fsp3) is 0.333. The molecule has 7 heteroatoms. The summed E-state index contributed by atoms with van der Waals surface area (Å²) in [6, 6.07) is 5.36. The Morgan fingerprint density at radius 2 is 2.05 bits per heavy atom. The normalized spacial score (nSPS) is 12.2. The number of carbonyl (C=O) groups is 2. The molecule has 0 saturated carbocycles. The fourth-order valence-electron chi connectivity index (χ4n) is 1.53. The molecule has 1 aromatic rings. The van der Waals surface area contributed by atoms with Gasteiger partial charge in [-0.1, -0.05) is 6.07 Å². The molecule has 0 bridgehead atoms. The Morgan fingerprint density at radius 1 is 1.26 bits per heavy atom. The van der Waals surface area contributed by atoms with E-state index in [1.807, 2.05) is 6.07 Å². The summed E-state index contributed by atoms with van der Waals surface area (Å²) < 4.78 is 15.0. The number of ether oxygens (including phenoxy) is 3. The number of hydrogen-bond donors (Lipinski definition) is 2. The molecule has 0 aliphatic carbocycles. The maximum atomic E-state index is 11.3. The van der Waals surface area contributed by atoms with Gasteiger partial charge in [0.25, 0.3) is 0 Å². The van der Waals surface area contributed by atoms with E-state index in [1.54, 1.807) is 12.1 Å². The number of aliphatic carboxylic acids is 1. The van der Waals surface area contributed by atoms with Gasteiger partial charge in [0.2, 0.25) is 12.7 Å². The molecule has 0 fully saturated rings. The van der Waals surface area contributed by atoms with E-state index in [1.165, 1.54) is 0 Å². The Balaban J connectivity index is 1.76. The third kappa shape index (κ3) is 3.85. The molecule has 1 heterocycles. The molecule has 1 aliphatic rings. The minimum absolute atomic E-state index is 0.203. The molecule has 2 rings (SSSR count). The van der Waals surface area contributed by atoms with E-state index in [4.69, 9.17) is 14.6 Å². The van der Waals surface area contributed by atoms with Crippen LogP contribution in [0.1, 0.15) is 5.56 Å². The van der Waals surface area contributed by atoms with E-state index >= 15 is 0 Å². The van der Waals surface area contributed by atoms with Crippen molar-refractivity contribution in [2.45, 2.75) is 6.54 Å². The first-order valence-corrected chi connectivity index (χ1v) is 5.60. The highest BCUT2D eigenvalue weighted by atomic mass is 16.7. The van der Waals surface area contributed by atoms with Crippen molar-refractivity contribution in [3.63, 3.8) is 0 Å². The van der Waals surface area contributed by atoms with Crippen molar-refractivity contribution in [3.05, 3.63) is 23.8 Å². The molecule has 2 N–H and O–H groups in total. The SMILES string of the molecule is O=C(O)COCC(=O)NCc1ccc2c(c1)OCO2. The van der Waals surface area contributed by atoms with Gasteiger partial charge in [-0.05, 0) is 17.7 Å². The van der Waals surface area contributed by atoms with Crippen LogP contribution in [0, 0.1) is 0 Å². The number of fused-ring (bicyclic) bond motifs is 1. The van der Waals surface area contributed by atoms with Crippen LogP contribution in [-0.2, 0) is 20.9 Å². The van der Waals surface area contributed by atoms with Crippen LogP contribution in [0.5, 0.6) is 11.5 Å². The highest BCUT2D eigenvalue weighted by Gasteiger charge is 2.13. The Labute approximate surface area is 109 Å². The number of benzene rings is 1. The smallest absolute Gasteiger partial charge is 0.329 e. The number of rotatable bonds is 6. The molecule has 0 aromatic heterocycles. The van der Waals surface area contributed by atoms with Crippen molar-refractivity contribution in [1.82, 2.24) is 5.32 Å². The summed E-state index contributed by atoms with van der Waals surface area (Å²) in [4.78, 5) is 21.5. The second-order valence-electron chi connectivity index (χ2n) is 3.85. The van der Waals surface area contributed by atoms with Crippen LogP contribution in [0.4, 0.5) is 0 Å². The fourth-order valence-corrected chi connectivity index (χ4v) is 1.53. The van der Waals surface area contributed by atoms with Gasteiger partial charge in [-0.2, -0.15) is 0 Å². The van der Waals surface area contributed by atoms with Gasteiger partial charge in [0.05, 0.1) is 0 Å². The Hall–Kier alpha value is -2.28. The van der Waals surface area contributed by atoms with Crippen LogP contribution in [0.2, 0.25) is 0 Å². The lowest BCUT2D eigenvalue weighted by Crippen LogP contribution is -2.28. The van der Waals surface area contributed by atoms with Crippen molar-refractivity contribution in [2.24, 2.45) is 0 Å². The first kappa shape index (κ1) is 13.2. The Morgan fingerprint density at radius 3 is 2.84 bits per heavy atom. The summed E-state index contributed by atoms with van der Waals surface area (Å²) in [7, 11) is 0. The highest BCUT2D eigenvalue weighted by Crippen LogP contribution is 2.32. The predicted molar refractivity (Wildman–Crippen MR) is 62.9 cm³/mol. The van der Waals surface area contributed by atoms with Crippen molar-refractivity contribution in [2.75, 3.05) is 20.0 Å². The van der Waals surface area contributed by atoms with Crippen LogP contribution >= 0.6 is 0 Å². The topological polar surface area (TPSA) is 94.1 Å². The van der Waals surface area contributed by atoms with E-state index in [0.717, 1.165) is 5.56 Å². The lowest BCUT2D eigenvalue weighted by molar-refractivity contribution is -0.143. The third-order valence-corrected chi connectivity index (χ3v) is 2.39. The molecule has 19 heavy (non-hydrogen) atoms. The first-order chi connectivity index (χ1) is 9.15. The van der Waals surface area contributed by atoms with E-state index in [9.17, 15) is 9.59 Å². The maximum absolute atomic E-state index is 11.3. The summed E-state index contributed by atoms with van der Waals surface area (Å²) in [5.74, 6) is -0.156. The zero-order valence-corrected chi connectivity index (χ0v) is 10.0. The molecule has 0 radical (unpaired) electrons. The standard InChI is InChI=1S/C12H13NO6/c14-11(5-17-6-12(15)16)13-4-8-1-2-9-10(3-8)19-7-18-9/h1-3H,4-7H2,(H,13,14)(H,15,16). The lowest BCUT2D eigenvalue weighted by Gasteiger charge is -2.06. The van der Waals surface area contributed by atoms with Gasteiger partial charge >= 0.3 is 5.97 Å². The van der Waals surface area contributed by atoms with Crippen molar-refractivity contribution in [3.8, 4) is 11.5 Å². The van der Waals surface area contributed by atoms with Crippen LogP contribution in [0.15, 0.2) is 18.2 Å². The van der Waals surface area contributed by atoms with Gasteiger partial charge in [0.1, 0.15) is 13.2 Å². The van der Waals surface area contributed by atoms with Crippen molar-refractivity contribution >= 4 is 11.9 Å². The lowest BCUT2D eigenvalue weighted by atomic mass is 10.2. The molecule has 0 saturated heterocycles. The Kier molecular flexibility index (Phi) is 4.19. The molecule has 0 atom stereocenters. The van der Waals surface area contributed by atoms with E-state index in [0.29, 0.717) is 18.0 Å². The zero-order chi connectivity index (χ0) is 13.7. The minimum Gasteiger partial charge on any atom is -0.480 e. The number of amides is 1. The van der Waals surface area contributed by atoms with Gasteiger partial charge in [0, 0.05) is 6.54 Å². The second kappa shape index (κ2) is 6.05.